The lowest BCUT2D eigenvalue weighted by Crippen LogP contribution is -2.41. The largest absolute Gasteiger partial charge is 0.279 e. The van der Waals surface area contributed by atoms with E-state index in [-0.39, 0.29) is 11.5 Å². The van der Waals surface area contributed by atoms with Gasteiger partial charge in [0.25, 0.3) is 11.8 Å². The average molecular weight is 385 g/mol. The zero-order valence-electron chi connectivity index (χ0n) is 12.0. The van der Waals surface area contributed by atoms with Gasteiger partial charge in [-0.25, -0.2) is 4.39 Å². The summed E-state index contributed by atoms with van der Waals surface area (Å²) in [5.74, 6) is -1.35. The van der Waals surface area contributed by atoms with Gasteiger partial charge in [-0.3, -0.25) is 20.4 Å². The van der Waals surface area contributed by atoms with Crippen LogP contribution in [0.4, 0.5) is 4.39 Å². The van der Waals surface area contributed by atoms with E-state index in [1.54, 1.807) is 6.07 Å². The number of halogens is 2. The molecule has 0 aliphatic rings. The number of hydrogen-bond donors (Lipinski definition) is 2. The molecular weight excluding hydrogens is 371 g/mol. The van der Waals surface area contributed by atoms with Crippen molar-refractivity contribution in [1.29, 1.82) is 0 Å². The van der Waals surface area contributed by atoms with Crippen LogP contribution in [0.25, 0.3) is 0 Å². The van der Waals surface area contributed by atoms with Gasteiger partial charge in [0.2, 0.25) is 0 Å². The molecule has 2 amide bonds. The maximum atomic E-state index is 13.0. The van der Waals surface area contributed by atoms with Gasteiger partial charge in [0.1, 0.15) is 5.82 Å². The molecule has 2 N–H and O–H groups in total. The Labute approximate surface area is 139 Å². The Bertz CT molecular complexity index is 730. The van der Waals surface area contributed by atoms with E-state index in [0.717, 1.165) is 16.9 Å². The SMILES string of the molecule is CCc1sc(C(=O)NNC(=O)c2ccc(F)cc2Br)cc1C. The molecule has 1 aromatic heterocycles. The predicted octanol–water partition coefficient (Wildman–Crippen LogP) is 3.60. The summed E-state index contributed by atoms with van der Waals surface area (Å²) in [5, 5.41) is 0. The Morgan fingerprint density at radius 2 is 1.91 bits per heavy atom. The van der Waals surface area contributed by atoms with Crippen LogP contribution >= 0.6 is 27.3 Å². The number of carbonyl (C=O) groups is 2. The van der Waals surface area contributed by atoms with Crippen molar-refractivity contribution in [3.05, 3.63) is 55.4 Å². The molecule has 2 rings (SSSR count). The van der Waals surface area contributed by atoms with Crippen molar-refractivity contribution in [1.82, 2.24) is 10.9 Å². The molecule has 0 aliphatic carbocycles. The summed E-state index contributed by atoms with van der Waals surface area (Å²) in [6.07, 6.45) is 0.860. The molecule has 7 heteroatoms. The molecule has 0 saturated carbocycles. The van der Waals surface area contributed by atoms with E-state index in [1.165, 1.54) is 29.5 Å². The van der Waals surface area contributed by atoms with E-state index < -0.39 is 11.7 Å². The van der Waals surface area contributed by atoms with Gasteiger partial charge in [-0.2, -0.15) is 0 Å². The second-order valence-electron chi connectivity index (χ2n) is 4.60. The molecule has 0 saturated heterocycles. The van der Waals surface area contributed by atoms with Gasteiger partial charge >= 0.3 is 0 Å². The summed E-state index contributed by atoms with van der Waals surface area (Å²) in [7, 11) is 0. The number of aryl methyl sites for hydroxylation is 2. The first-order valence-electron chi connectivity index (χ1n) is 6.57. The van der Waals surface area contributed by atoms with Gasteiger partial charge < -0.3 is 0 Å². The molecular formula is C15H14BrFN2O2S. The van der Waals surface area contributed by atoms with Crippen molar-refractivity contribution in [2.75, 3.05) is 0 Å². The number of benzene rings is 1. The fourth-order valence-corrected chi connectivity index (χ4v) is 3.44. The third-order valence-corrected chi connectivity index (χ3v) is 5.07. The van der Waals surface area contributed by atoms with Crippen LogP contribution in [0, 0.1) is 12.7 Å². The summed E-state index contributed by atoms with van der Waals surface area (Å²) in [6, 6.07) is 5.49. The Kier molecular flexibility index (Phi) is 5.31. The maximum Gasteiger partial charge on any atom is 0.279 e. The number of nitrogens with one attached hydrogen (secondary N) is 2. The van der Waals surface area contributed by atoms with Gasteiger partial charge in [0.05, 0.1) is 10.4 Å². The number of thiophene rings is 1. The predicted molar refractivity (Wildman–Crippen MR) is 87.5 cm³/mol. The zero-order valence-corrected chi connectivity index (χ0v) is 14.4. The first-order valence-corrected chi connectivity index (χ1v) is 8.18. The van der Waals surface area contributed by atoms with Gasteiger partial charge in [-0.05, 0) is 59.1 Å². The molecule has 2 aromatic rings. The molecule has 0 aliphatic heterocycles. The van der Waals surface area contributed by atoms with E-state index in [0.29, 0.717) is 9.35 Å². The van der Waals surface area contributed by atoms with Crippen molar-refractivity contribution in [3.8, 4) is 0 Å². The normalized spacial score (nSPS) is 10.4. The Morgan fingerprint density at radius 3 is 2.50 bits per heavy atom. The number of amides is 2. The lowest BCUT2D eigenvalue weighted by molar-refractivity contribution is 0.0848. The second-order valence-corrected chi connectivity index (χ2v) is 6.59. The van der Waals surface area contributed by atoms with E-state index in [9.17, 15) is 14.0 Å². The van der Waals surface area contributed by atoms with Crippen LogP contribution in [0.3, 0.4) is 0 Å². The standard InChI is InChI=1S/C15H14BrFN2O2S/c1-3-12-8(2)6-13(22-12)15(21)19-18-14(20)10-5-4-9(17)7-11(10)16/h4-7H,3H2,1-2H3,(H,18,20)(H,19,21). The Morgan fingerprint density at radius 1 is 1.23 bits per heavy atom. The molecule has 0 fully saturated rings. The Balaban J connectivity index is 2.02. The molecule has 0 bridgehead atoms. The molecule has 0 unspecified atom stereocenters. The summed E-state index contributed by atoms with van der Waals surface area (Å²) >= 11 is 4.51. The van der Waals surface area contributed by atoms with E-state index in [2.05, 4.69) is 26.8 Å². The van der Waals surface area contributed by atoms with Gasteiger partial charge in [-0.1, -0.05) is 6.92 Å². The minimum atomic E-state index is -0.524. The summed E-state index contributed by atoms with van der Waals surface area (Å²) in [6.45, 7) is 3.97. The van der Waals surface area contributed by atoms with Gasteiger partial charge in [0.15, 0.2) is 0 Å². The average Bonchev–Trinajstić information content (AvgIpc) is 2.85. The van der Waals surface area contributed by atoms with Crippen molar-refractivity contribution < 1.29 is 14.0 Å². The first kappa shape index (κ1) is 16.6. The molecule has 22 heavy (non-hydrogen) atoms. The molecule has 0 radical (unpaired) electrons. The van der Waals surface area contributed by atoms with E-state index in [4.69, 9.17) is 0 Å². The van der Waals surface area contributed by atoms with E-state index >= 15 is 0 Å². The monoisotopic (exact) mass is 384 g/mol. The third-order valence-electron chi connectivity index (χ3n) is 3.03. The Hall–Kier alpha value is -1.73. The van der Waals surface area contributed by atoms with Crippen molar-refractivity contribution in [3.63, 3.8) is 0 Å². The summed E-state index contributed by atoms with van der Waals surface area (Å²) in [5.41, 5.74) is 5.98. The second kappa shape index (κ2) is 7.02. The molecule has 0 spiro atoms. The number of rotatable bonds is 3. The zero-order chi connectivity index (χ0) is 16.3. The smallest absolute Gasteiger partial charge is 0.267 e. The maximum absolute atomic E-state index is 13.0. The highest BCUT2D eigenvalue weighted by atomic mass is 79.9. The molecule has 4 nitrogen and oxygen atoms in total. The highest BCUT2D eigenvalue weighted by molar-refractivity contribution is 9.10. The highest BCUT2D eigenvalue weighted by Crippen LogP contribution is 2.22. The van der Waals surface area contributed by atoms with Crippen molar-refractivity contribution in [2.24, 2.45) is 0 Å². The fraction of sp³-hybridized carbons (Fsp3) is 0.200. The lowest BCUT2D eigenvalue weighted by atomic mass is 10.2. The topological polar surface area (TPSA) is 58.2 Å². The molecule has 116 valence electrons. The minimum absolute atomic E-state index is 0.235. The summed E-state index contributed by atoms with van der Waals surface area (Å²) < 4.78 is 13.3. The fourth-order valence-electron chi connectivity index (χ4n) is 1.90. The first-order chi connectivity index (χ1) is 10.4. The van der Waals surface area contributed by atoms with Crippen LogP contribution in [0.2, 0.25) is 0 Å². The van der Waals surface area contributed by atoms with Crippen LogP contribution in [0.15, 0.2) is 28.7 Å². The third kappa shape index (κ3) is 3.72. The van der Waals surface area contributed by atoms with Crippen LogP contribution in [0.5, 0.6) is 0 Å². The van der Waals surface area contributed by atoms with Crippen molar-refractivity contribution >= 4 is 39.1 Å². The van der Waals surface area contributed by atoms with Crippen LogP contribution < -0.4 is 10.9 Å². The minimum Gasteiger partial charge on any atom is -0.267 e. The number of hydrazine groups is 1. The molecule has 0 atom stereocenters. The van der Waals surface area contributed by atoms with Gasteiger partial charge in [0, 0.05) is 9.35 Å². The van der Waals surface area contributed by atoms with Crippen molar-refractivity contribution in [2.45, 2.75) is 20.3 Å². The molecule has 1 heterocycles. The van der Waals surface area contributed by atoms with Crippen LogP contribution in [-0.2, 0) is 6.42 Å². The summed E-state index contributed by atoms with van der Waals surface area (Å²) in [4.78, 5) is 25.7. The number of carbonyl (C=O) groups excluding carboxylic acids is 2. The molecule has 1 aromatic carbocycles. The van der Waals surface area contributed by atoms with Crippen LogP contribution in [-0.4, -0.2) is 11.8 Å². The van der Waals surface area contributed by atoms with E-state index in [1.807, 2.05) is 13.8 Å². The number of hydrogen-bond acceptors (Lipinski definition) is 3. The quantitative estimate of drug-likeness (QED) is 0.794. The lowest BCUT2D eigenvalue weighted by Gasteiger charge is -2.07. The highest BCUT2D eigenvalue weighted by Gasteiger charge is 2.14. The van der Waals surface area contributed by atoms with Gasteiger partial charge in [-0.15, -0.1) is 11.3 Å². The van der Waals surface area contributed by atoms with Crippen LogP contribution in [0.1, 0.15) is 37.4 Å².